The summed E-state index contributed by atoms with van der Waals surface area (Å²) in [5.41, 5.74) is 0. The molecule has 0 saturated carbocycles. The van der Waals surface area contributed by atoms with Gasteiger partial charge in [-0.15, -0.1) is 0 Å². The first-order chi connectivity index (χ1) is 5.45. The van der Waals surface area contributed by atoms with E-state index < -0.39 is 5.97 Å². The number of carbonyl (C=O) groups is 1. The average Bonchev–Trinajstić information content (AvgIpc) is 1.98. The van der Waals surface area contributed by atoms with E-state index >= 15 is 0 Å². The molecule has 0 fully saturated rings. The van der Waals surface area contributed by atoms with Crippen LogP contribution in [0, 0.1) is 17.8 Å². The van der Waals surface area contributed by atoms with Crippen LogP contribution < -0.4 is 0 Å². The second-order valence-electron chi connectivity index (χ2n) is 4.04. The maximum absolute atomic E-state index is 10.5. The lowest BCUT2D eigenvalue weighted by Crippen LogP contribution is -2.12. The summed E-state index contributed by atoms with van der Waals surface area (Å²) in [6, 6.07) is 0. The molecule has 2 unspecified atom stereocenters. The van der Waals surface area contributed by atoms with Crippen molar-refractivity contribution in [1.29, 1.82) is 0 Å². The summed E-state index contributed by atoms with van der Waals surface area (Å²) in [4.78, 5) is 10.5. The zero-order chi connectivity index (χ0) is 9.72. The Bertz CT molecular complexity index is 141. The Labute approximate surface area is 75.0 Å². The van der Waals surface area contributed by atoms with Gasteiger partial charge in [0.25, 0.3) is 0 Å². The van der Waals surface area contributed by atoms with E-state index in [1.807, 2.05) is 0 Å². The highest BCUT2D eigenvalue weighted by molar-refractivity contribution is 5.69. The van der Waals surface area contributed by atoms with Gasteiger partial charge in [0.1, 0.15) is 0 Å². The first-order valence-corrected chi connectivity index (χ1v) is 4.68. The van der Waals surface area contributed by atoms with Crippen molar-refractivity contribution < 1.29 is 9.90 Å². The second kappa shape index (κ2) is 5.18. The van der Waals surface area contributed by atoms with Crippen LogP contribution in [-0.4, -0.2) is 11.1 Å². The van der Waals surface area contributed by atoms with Crippen LogP contribution in [0.2, 0.25) is 0 Å². The average molecular weight is 172 g/mol. The molecule has 0 aliphatic heterocycles. The number of hydrogen-bond acceptors (Lipinski definition) is 1. The molecule has 0 aliphatic carbocycles. The monoisotopic (exact) mass is 172 g/mol. The van der Waals surface area contributed by atoms with Crippen molar-refractivity contribution in [3.05, 3.63) is 0 Å². The Kier molecular flexibility index (Phi) is 4.95. The van der Waals surface area contributed by atoms with Crippen molar-refractivity contribution in [3.8, 4) is 0 Å². The molecule has 0 aliphatic rings. The number of hydrogen-bond donors (Lipinski definition) is 1. The molecule has 0 spiro atoms. The summed E-state index contributed by atoms with van der Waals surface area (Å²) in [5.74, 6) is 0.426. The van der Waals surface area contributed by atoms with Gasteiger partial charge < -0.3 is 5.11 Å². The van der Waals surface area contributed by atoms with Crippen LogP contribution in [0.3, 0.4) is 0 Å². The molecule has 0 bridgehead atoms. The van der Waals surface area contributed by atoms with E-state index in [1.54, 1.807) is 6.92 Å². The summed E-state index contributed by atoms with van der Waals surface area (Å²) in [6.07, 6.45) is 1.82. The molecule has 0 heterocycles. The summed E-state index contributed by atoms with van der Waals surface area (Å²) in [6.45, 7) is 8.31. The van der Waals surface area contributed by atoms with E-state index in [-0.39, 0.29) is 5.92 Å². The van der Waals surface area contributed by atoms with Gasteiger partial charge in [-0.05, 0) is 24.7 Å². The van der Waals surface area contributed by atoms with Crippen LogP contribution in [0.15, 0.2) is 0 Å². The highest BCUT2D eigenvalue weighted by Gasteiger charge is 2.13. The van der Waals surface area contributed by atoms with Gasteiger partial charge in [-0.1, -0.05) is 27.7 Å². The van der Waals surface area contributed by atoms with Crippen LogP contribution in [0.1, 0.15) is 40.5 Å². The maximum Gasteiger partial charge on any atom is 0.306 e. The summed E-state index contributed by atoms with van der Waals surface area (Å²) >= 11 is 0. The Balaban J connectivity index is 3.61. The zero-order valence-electron chi connectivity index (χ0n) is 8.50. The highest BCUT2D eigenvalue weighted by Crippen LogP contribution is 2.19. The lowest BCUT2D eigenvalue weighted by atomic mass is 9.90. The standard InChI is InChI=1S/C10H20O2/c1-7(2)8(3)5-6-9(4)10(11)12/h7-9H,5-6H2,1-4H3,(H,11,12). The number of carboxylic acid groups (broad SMARTS) is 1. The van der Waals surface area contributed by atoms with Crippen LogP contribution in [0.25, 0.3) is 0 Å². The van der Waals surface area contributed by atoms with E-state index in [0.717, 1.165) is 12.8 Å². The van der Waals surface area contributed by atoms with Crippen molar-refractivity contribution in [2.24, 2.45) is 17.8 Å². The fraction of sp³-hybridized carbons (Fsp3) is 0.900. The van der Waals surface area contributed by atoms with Crippen LogP contribution >= 0.6 is 0 Å². The van der Waals surface area contributed by atoms with Gasteiger partial charge in [0.15, 0.2) is 0 Å². The Hall–Kier alpha value is -0.530. The topological polar surface area (TPSA) is 37.3 Å². The lowest BCUT2D eigenvalue weighted by molar-refractivity contribution is -0.141. The largest absolute Gasteiger partial charge is 0.481 e. The quantitative estimate of drug-likeness (QED) is 0.692. The minimum atomic E-state index is -0.675. The van der Waals surface area contributed by atoms with Crippen LogP contribution in [0.5, 0.6) is 0 Å². The van der Waals surface area contributed by atoms with E-state index in [9.17, 15) is 4.79 Å². The predicted octanol–water partition coefficient (Wildman–Crippen LogP) is 2.78. The van der Waals surface area contributed by atoms with E-state index in [1.165, 1.54) is 0 Å². The van der Waals surface area contributed by atoms with Gasteiger partial charge in [0.2, 0.25) is 0 Å². The van der Waals surface area contributed by atoms with E-state index in [4.69, 9.17) is 5.11 Å². The number of rotatable bonds is 5. The van der Waals surface area contributed by atoms with Crippen LogP contribution in [-0.2, 0) is 4.79 Å². The molecule has 0 rings (SSSR count). The Morgan fingerprint density at radius 2 is 1.67 bits per heavy atom. The molecule has 0 aromatic heterocycles. The Morgan fingerprint density at radius 3 is 2.00 bits per heavy atom. The maximum atomic E-state index is 10.5. The molecule has 12 heavy (non-hydrogen) atoms. The summed E-state index contributed by atoms with van der Waals surface area (Å²) in [5, 5.41) is 8.63. The zero-order valence-corrected chi connectivity index (χ0v) is 8.50. The molecule has 0 amide bonds. The molecule has 2 nitrogen and oxygen atoms in total. The van der Waals surface area contributed by atoms with Crippen molar-refractivity contribution in [2.75, 3.05) is 0 Å². The highest BCUT2D eigenvalue weighted by atomic mass is 16.4. The Morgan fingerprint density at radius 1 is 1.17 bits per heavy atom. The van der Waals surface area contributed by atoms with Gasteiger partial charge in [0.05, 0.1) is 5.92 Å². The van der Waals surface area contributed by atoms with Crippen molar-refractivity contribution in [1.82, 2.24) is 0 Å². The summed E-state index contributed by atoms with van der Waals surface area (Å²) in [7, 11) is 0. The molecule has 0 aromatic carbocycles. The van der Waals surface area contributed by atoms with Crippen LogP contribution in [0.4, 0.5) is 0 Å². The molecular formula is C10H20O2. The third-order valence-corrected chi connectivity index (χ3v) is 2.61. The van der Waals surface area contributed by atoms with E-state index in [0.29, 0.717) is 11.8 Å². The van der Waals surface area contributed by atoms with Gasteiger partial charge in [-0.25, -0.2) is 0 Å². The lowest BCUT2D eigenvalue weighted by Gasteiger charge is -2.16. The van der Waals surface area contributed by atoms with Gasteiger partial charge in [-0.2, -0.15) is 0 Å². The number of carboxylic acids is 1. The normalized spacial score (nSPS) is 16.1. The third-order valence-electron chi connectivity index (χ3n) is 2.61. The fourth-order valence-corrected chi connectivity index (χ4v) is 0.970. The molecule has 0 aromatic rings. The van der Waals surface area contributed by atoms with E-state index in [2.05, 4.69) is 20.8 Å². The summed E-state index contributed by atoms with van der Waals surface area (Å²) < 4.78 is 0. The predicted molar refractivity (Wildman–Crippen MR) is 50.0 cm³/mol. The third kappa shape index (κ3) is 4.37. The first kappa shape index (κ1) is 11.5. The van der Waals surface area contributed by atoms with Gasteiger partial charge in [-0.3, -0.25) is 4.79 Å². The van der Waals surface area contributed by atoms with Gasteiger partial charge in [0, 0.05) is 0 Å². The van der Waals surface area contributed by atoms with Crippen molar-refractivity contribution >= 4 is 5.97 Å². The molecule has 2 atom stereocenters. The molecule has 2 heteroatoms. The first-order valence-electron chi connectivity index (χ1n) is 4.68. The molecule has 72 valence electrons. The SMILES string of the molecule is CC(CCC(C)C(C)C)C(=O)O. The molecule has 0 saturated heterocycles. The number of aliphatic carboxylic acids is 1. The minimum Gasteiger partial charge on any atom is -0.481 e. The van der Waals surface area contributed by atoms with Crippen molar-refractivity contribution in [2.45, 2.75) is 40.5 Å². The van der Waals surface area contributed by atoms with Crippen molar-refractivity contribution in [3.63, 3.8) is 0 Å². The fourth-order valence-electron chi connectivity index (χ4n) is 0.970. The molecular weight excluding hydrogens is 152 g/mol. The smallest absolute Gasteiger partial charge is 0.306 e. The molecule has 1 N–H and O–H groups in total. The second-order valence-corrected chi connectivity index (χ2v) is 4.04. The van der Waals surface area contributed by atoms with Gasteiger partial charge >= 0.3 is 5.97 Å². The minimum absolute atomic E-state index is 0.189. The molecule has 0 radical (unpaired) electrons.